The molecule has 27 heavy (non-hydrogen) atoms. The van der Waals surface area contributed by atoms with Crippen LogP contribution in [0.5, 0.6) is 11.5 Å². The minimum absolute atomic E-state index is 0.00708. The first-order valence-electron chi connectivity index (χ1n) is 10.2. The summed E-state index contributed by atoms with van der Waals surface area (Å²) < 4.78 is 11.1. The molecule has 0 spiro atoms. The number of nitrogens with zero attached hydrogens (tertiary/aromatic N) is 2. The minimum atomic E-state index is 0.00708. The van der Waals surface area contributed by atoms with Crippen molar-refractivity contribution in [1.29, 1.82) is 0 Å². The summed E-state index contributed by atoms with van der Waals surface area (Å²) in [5, 5.41) is 0. The molecule has 0 radical (unpaired) electrons. The topological polar surface area (TPSA) is 59.1 Å². The smallest absolute Gasteiger partial charge is 0.253 e. The average Bonchev–Trinajstić information content (AvgIpc) is 3.02. The highest BCUT2D eigenvalue weighted by atomic mass is 16.6. The van der Waals surface area contributed by atoms with Crippen molar-refractivity contribution >= 4 is 11.8 Å². The molecular weight excluding hydrogens is 344 g/mol. The Kier molecular flexibility index (Phi) is 5.50. The van der Waals surface area contributed by atoms with Crippen molar-refractivity contribution in [3.8, 4) is 11.5 Å². The van der Waals surface area contributed by atoms with E-state index >= 15 is 0 Å². The van der Waals surface area contributed by atoms with Gasteiger partial charge in [0, 0.05) is 37.7 Å². The number of hydrogen-bond acceptors (Lipinski definition) is 4. The predicted molar refractivity (Wildman–Crippen MR) is 101 cm³/mol. The highest BCUT2D eigenvalue weighted by Gasteiger charge is 2.31. The summed E-state index contributed by atoms with van der Waals surface area (Å²) >= 11 is 0. The molecule has 0 atom stereocenters. The Balaban J connectivity index is 1.34. The van der Waals surface area contributed by atoms with Crippen molar-refractivity contribution in [3.63, 3.8) is 0 Å². The molecule has 4 rings (SSSR count). The lowest BCUT2D eigenvalue weighted by Gasteiger charge is -2.34. The van der Waals surface area contributed by atoms with Crippen molar-refractivity contribution in [2.24, 2.45) is 5.92 Å². The van der Waals surface area contributed by atoms with Gasteiger partial charge in [-0.15, -0.1) is 0 Å². The SMILES string of the molecule is O=C(c1ccc2c(c1)OCCO2)N1CCC(C(=O)N2CCCCCC2)CC1. The highest BCUT2D eigenvalue weighted by Crippen LogP contribution is 2.31. The second kappa shape index (κ2) is 8.19. The molecule has 0 saturated carbocycles. The first kappa shape index (κ1) is 18.1. The van der Waals surface area contributed by atoms with Crippen LogP contribution in [0.3, 0.4) is 0 Å². The fourth-order valence-corrected chi connectivity index (χ4v) is 4.24. The van der Waals surface area contributed by atoms with E-state index in [9.17, 15) is 9.59 Å². The Hall–Kier alpha value is -2.24. The van der Waals surface area contributed by atoms with E-state index < -0.39 is 0 Å². The molecule has 3 heterocycles. The largest absolute Gasteiger partial charge is 0.486 e. The minimum Gasteiger partial charge on any atom is -0.486 e. The third kappa shape index (κ3) is 4.04. The van der Waals surface area contributed by atoms with Gasteiger partial charge in [0.25, 0.3) is 5.91 Å². The van der Waals surface area contributed by atoms with Crippen LogP contribution in [0, 0.1) is 5.92 Å². The van der Waals surface area contributed by atoms with Crippen molar-refractivity contribution in [2.45, 2.75) is 38.5 Å². The Morgan fingerprint density at radius 2 is 1.48 bits per heavy atom. The van der Waals surface area contributed by atoms with E-state index in [1.807, 2.05) is 4.90 Å². The molecule has 2 amide bonds. The molecule has 0 bridgehead atoms. The third-order valence-corrected chi connectivity index (χ3v) is 5.84. The van der Waals surface area contributed by atoms with Gasteiger partial charge in [0.1, 0.15) is 13.2 Å². The molecule has 1 aromatic rings. The Morgan fingerprint density at radius 3 is 2.19 bits per heavy atom. The van der Waals surface area contributed by atoms with E-state index in [0.717, 1.165) is 38.8 Å². The van der Waals surface area contributed by atoms with Gasteiger partial charge in [-0.25, -0.2) is 0 Å². The van der Waals surface area contributed by atoms with Gasteiger partial charge in [-0.3, -0.25) is 9.59 Å². The number of carbonyl (C=O) groups is 2. The summed E-state index contributed by atoms with van der Waals surface area (Å²) in [6.07, 6.45) is 6.20. The zero-order chi connectivity index (χ0) is 18.6. The normalized spacial score (nSPS) is 20.9. The number of piperidine rings is 1. The first-order chi connectivity index (χ1) is 13.2. The van der Waals surface area contributed by atoms with E-state index in [1.165, 1.54) is 12.8 Å². The Morgan fingerprint density at radius 1 is 0.815 bits per heavy atom. The molecular formula is C21H28N2O4. The van der Waals surface area contributed by atoms with E-state index in [4.69, 9.17) is 9.47 Å². The van der Waals surface area contributed by atoms with Crippen molar-refractivity contribution in [3.05, 3.63) is 23.8 Å². The molecule has 2 saturated heterocycles. The zero-order valence-corrected chi connectivity index (χ0v) is 15.8. The summed E-state index contributed by atoms with van der Waals surface area (Å²) in [7, 11) is 0. The van der Waals surface area contributed by atoms with Gasteiger partial charge >= 0.3 is 0 Å². The van der Waals surface area contributed by atoms with E-state index in [0.29, 0.717) is 49.3 Å². The van der Waals surface area contributed by atoms with Crippen LogP contribution in [0.4, 0.5) is 0 Å². The Bertz CT molecular complexity index is 689. The number of hydrogen-bond donors (Lipinski definition) is 0. The maximum absolute atomic E-state index is 12.8. The van der Waals surface area contributed by atoms with Crippen LogP contribution in [0.1, 0.15) is 48.9 Å². The van der Waals surface area contributed by atoms with Gasteiger partial charge in [0.15, 0.2) is 11.5 Å². The van der Waals surface area contributed by atoms with E-state index in [1.54, 1.807) is 18.2 Å². The summed E-state index contributed by atoms with van der Waals surface area (Å²) in [4.78, 5) is 29.6. The number of carbonyl (C=O) groups excluding carboxylic acids is 2. The van der Waals surface area contributed by atoms with Crippen LogP contribution >= 0.6 is 0 Å². The van der Waals surface area contributed by atoms with Gasteiger partial charge in [-0.2, -0.15) is 0 Å². The monoisotopic (exact) mass is 372 g/mol. The number of rotatable bonds is 2. The number of likely N-dealkylation sites (tertiary alicyclic amines) is 2. The van der Waals surface area contributed by atoms with Crippen molar-refractivity contribution < 1.29 is 19.1 Å². The van der Waals surface area contributed by atoms with Gasteiger partial charge in [-0.05, 0) is 43.9 Å². The summed E-state index contributed by atoms with van der Waals surface area (Å²) in [5.41, 5.74) is 0.622. The van der Waals surface area contributed by atoms with E-state index in [-0.39, 0.29) is 11.8 Å². The fourth-order valence-electron chi connectivity index (χ4n) is 4.24. The predicted octanol–water partition coefficient (Wildman–Crippen LogP) is 2.71. The third-order valence-electron chi connectivity index (χ3n) is 5.84. The van der Waals surface area contributed by atoms with Crippen molar-refractivity contribution in [1.82, 2.24) is 9.80 Å². The molecule has 2 fully saturated rings. The van der Waals surface area contributed by atoms with Crippen LogP contribution in [-0.2, 0) is 4.79 Å². The second-order valence-electron chi connectivity index (χ2n) is 7.66. The lowest BCUT2D eigenvalue weighted by molar-refractivity contribution is -0.136. The van der Waals surface area contributed by atoms with Crippen LogP contribution < -0.4 is 9.47 Å². The standard InChI is InChI=1S/C21H28N2O4/c24-20(22-9-3-1-2-4-10-22)16-7-11-23(12-8-16)21(25)17-5-6-18-19(15-17)27-14-13-26-18/h5-6,15-16H,1-4,7-14H2. The molecule has 3 aliphatic heterocycles. The fraction of sp³-hybridized carbons (Fsp3) is 0.619. The first-order valence-corrected chi connectivity index (χ1v) is 10.2. The average molecular weight is 372 g/mol. The van der Waals surface area contributed by atoms with Gasteiger partial charge < -0.3 is 19.3 Å². The van der Waals surface area contributed by atoms with Crippen LogP contribution in [-0.4, -0.2) is 61.0 Å². The van der Waals surface area contributed by atoms with Crippen LogP contribution in [0.25, 0.3) is 0 Å². The van der Waals surface area contributed by atoms with Gasteiger partial charge in [0.2, 0.25) is 5.91 Å². The Labute approximate surface area is 160 Å². The molecule has 1 aromatic carbocycles. The van der Waals surface area contributed by atoms with Crippen molar-refractivity contribution in [2.75, 3.05) is 39.4 Å². The number of amides is 2. The zero-order valence-electron chi connectivity index (χ0n) is 15.8. The quantitative estimate of drug-likeness (QED) is 0.801. The molecule has 3 aliphatic rings. The van der Waals surface area contributed by atoms with E-state index in [2.05, 4.69) is 4.90 Å². The molecule has 0 aliphatic carbocycles. The highest BCUT2D eigenvalue weighted by molar-refractivity contribution is 5.95. The number of benzene rings is 1. The molecule has 6 nitrogen and oxygen atoms in total. The number of ether oxygens (including phenoxy) is 2. The summed E-state index contributed by atoms with van der Waals surface area (Å²) in [6.45, 7) is 4.12. The molecule has 0 unspecified atom stereocenters. The van der Waals surface area contributed by atoms with Crippen LogP contribution in [0.2, 0.25) is 0 Å². The molecule has 0 aromatic heterocycles. The van der Waals surface area contributed by atoms with Gasteiger partial charge in [-0.1, -0.05) is 12.8 Å². The lowest BCUT2D eigenvalue weighted by Crippen LogP contribution is -2.44. The lowest BCUT2D eigenvalue weighted by atomic mass is 9.94. The molecule has 0 N–H and O–H groups in total. The second-order valence-corrected chi connectivity index (χ2v) is 7.66. The molecule has 6 heteroatoms. The number of fused-ring (bicyclic) bond motifs is 1. The maximum atomic E-state index is 12.8. The maximum Gasteiger partial charge on any atom is 0.253 e. The van der Waals surface area contributed by atoms with Crippen LogP contribution in [0.15, 0.2) is 18.2 Å². The summed E-state index contributed by atoms with van der Waals surface area (Å²) in [6, 6.07) is 5.37. The molecule has 146 valence electrons. The summed E-state index contributed by atoms with van der Waals surface area (Å²) in [5.74, 6) is 1.70. The van der Waals surface area contributed by atoms with Gasteiger partial charge in [0.05, 0.1) is 0 Å².